The second-order valence-corrected chi connectivity index (χ2v) is 3.48. The Kier molecular flexibility index (Phi) is 1.02. The van der Waals surface area contributed by atoms with Gasteiger partial charge in [-0.05, 0) is 31.9 Å². The van der Waals surface area contributed by atoms with Gasteiger partial charge in [0, 0.05) is 0 Å². The number of ether oxygens (including phenoxy) is 1. The highest BCUT2D eigenvalue weighted by Gasteiger charge is 2.69. The molecule has 1 heterocycles. The van der Waals surface area contributed by atoms with Crippen molar-refractivity contribution in [2.45, 2.75) is 32.2 Å². The van der Waals surface area contributed by atoms with Gasteiger partial charge >= 0.3 is 0 Å². The van der Waals surface area contributed by atoms with Crippen molar-refractivity contribution in [2.24, 2.45) is 0 Å². The Balaban J connectivity index is 2.49. The summed E-state index contributed by atoms with van der Waals surface area (Å²) in [7, 11) is 0. The van der Waals surface area contributed by atoms with Crippen molar-refractivity contribution in [3.63, 3.8) is 0 Å². The molecule has 0 bridgehead atoms. The third-order valence-electron chi connectivity index (χ3n) is 2.83. The average molecular weight is 152 g/mol. The Morgan fingerprint density at radius 2 is 1.82 bits per heavy atom. The zero-order valence-corrected chi connectivity index (χ0v) is 7.01. The minimum absolute atomic E-state index is 0.439. The largest absolute Gasteiger partial charge is 0.360 e. The molecule has 2 aliphatic rings. The molecule has 11 heavy (non-hydrogen) atoms. The Bertz CT molecular complexity index is 249. The Morgan fingerprint density at radius 3 is 2.36 bits per heavy atom. The molecule has 1 N–H and O–H groups in total. The fourth-order valence-electron chi connectivity index (χ4n) is 1.60. The van der Waals surface area contributed by atoms with E-state index in [1.165, 1.54) is 0 Å². The van der Waals surface area contributed by atoms with E-state index in [1.54, 1.807) is 0 Å². The molecular weight excluding hydrogens is 140 g/mol. The lowest BCUT2D eigenvalue weighted by Gasteiger charge is -2.16. The first-order chi connectivity index (χ1) is 5.01. The summed E-state index contributed by atoms with van der Waals surface area (Å²) in [4.78, 5) is 0. The lowest BCUT2D eigenvalue weighted by molar-refractivity contribution is 0.0711. The molecule has 0 aromatic carbocycles. The van der Waals surface area contributed by atoms with Crippen LogP contribution in [-0.2, 0) is 4.74 Å². The standard InChI is InChI=1S/C9H12O2/c1-6-4-5-7(2)9(10)8(6,3)11-9/h4-5,10H,1-3H3. The molecule has 1 aliphatic heterocycles. The van der Waals surface area contributed by atoms with Gasteiger partial charge in [-0.2, -0.15) is 0 Å². The van der Waals surface area contributed by atoms with E-state index in [4.69, 9.17) is 4.74 Å². The van der Waals surface area contributed by atoms with E-state index in [0.29, 0.717) is 0 Å². The second kappa shape index (κ2) is 1.59. The first kappa shape index (κ1) is 7.07. The van der Waals surface area contributed by atoms with E-state index in [0.717, 1.165) is 11.1 Å². The topological polar surface area (TPSA) is 32.8 Å². The first-order valence-electron chi connectivity index (χ1n) is 3.79. The average Bonchev–Trinajstić information content (AvgIpc) is 2.51. The molecule has 0 radical (unpaired) electrons. The van der Waals surface area contributed by atoms with Gasteiger partial charge in [0.25, 0.3) is 0 Å². The predicted molar refractivity (Wildman–Crippen MR) is 42.0 cm³/mol. The van der Waals surface area contributed by atoms with Crippen molar-refractivity contribution >= 4 is 0 Å². The molecule has 1 saturated heterocycles. The Morgan fingerprint density at radius 1 is 1.27 bits per heavy atom. The summed E-state index contributed by atoms with van der Waals surface area (Å²) in [5.41, 5.74) is 1.54. The molecule has 2 nitrogen and oxygen atoms in total. The Hall–Kier alpha value is -0.600. The van der Waals surface area contributed by atoms with Crippen molar-refractivity contribution in [2.75, 3.05) is 0 Å². The smallest absolute Gasteiger partial charge is 0.223 e. The highest BCUT2D eigenvalue weighted by atomic mass is 16.7. The third kappa shape index (κ3) is 0.596. The second-order valence-electron chi connectivity index (χ2n) is 3.48. The van der Waals surface area contributed by atoms with Gasteiger partial charge in [-0.1, -0.05) is 12.2 Å². The van der Waals surface area contributed by atoms with Gasteiger partial charge in [0.2, 0.25) is 5.79 Å². The SMILES string of the molecule is CC1=CC=C(C)C2(O)OC12C. The van der Waals surface area contributed by atoms with Crippen LogP contribution >= 0.6 is 0 Å². The van der Waals surface area contributed by atoms with Gasteiger partial charge < -0.3 is 9.84 Å². The van der Waals surface area contributed by atoms with Gasteiger partial charge in [0.15, 0.2) is 0 Å². The maximum atomic E-state index is 9.82. The molecule has 0 spiro atoms. The third-order valence-corrected chi connectivity index (χ3v) is 2.83. The maximum Gasteiger partial charge on any atom is 0.223 e. The van der Waals surface area contributed by atoms with Crippen LogP contribution in [-0.4, -0.2) is 16.5 Å². The highest BCUT2D eigenvalue weighted by Crippen LogP contribution is 2.56. The molecule has 1 fully saturated rings. The van der Waals surface area contributed by atoms with Gasteiger partial charge in [0.05, 0.1) is 0 Å². The normalized spacial score (nSPS) is 47.6. The van der Waals surface area contributed by atoms with E-state index >= 15 is 0 Å². The van der Waals surface area contributed by atoms with Crippen molar-refractivity contribution in [1.82, 2.24) is 0 Å². The van der Waals surface area contributed by atoms with Crippen LogP contribution in [0.15, 0.2) is 23.3 Å². The number of aliphatic hydroxyl groups is 1. The van der Waals surface area contributed by atoms with Gasteiger partial charge in [-0.15, -0.1) is 0 Å². The van der Waals surface area contributed by atoms with Crippen molar-refractivity contribution < 1.29 is 9.84 Å². The molecule has 1 aliphatic carbocycles. The molecule has 0 aromatic rings. The lowest BCUT2D eigenvalue weighted by atomic mass is 9.87. The van der Waals surface area contributed by atoms with Gasteiger partial charge in [-0.3, -0.25) is 0 Å². The molecule has 0 aromatic heterocycles. The van der Waals surface area contributed by atoms with Crippen LogP contribution in [0.5, 0.6) is 0 Å². The fraction of sp³-hybridized carbons (Fsp3) is 0.556. The summed E-state index contributed by atoms with van der Waals surface area (Å²) >= 11 is 0. The van der Waals surface area contributed by atoms with Crippen LogP contribution in [0.4, 0.5) is 0 Å². The number of hydrogen-bond donors (Lipinski definition) is 1. The number of epoxide rings is 1. The Labute approximate surface area is 66.2 Å². The zero-order chi connectivity index (χ0) is 8.28. The van der Waals surface area contributed by atoms with Crippen LogP contribution in [0.25, 0.3) is 0 Å². The van der Waals surface area contributed by atoms with Crippen LogP contribution in [0.2, 0.25) is 0 Å². The summed E-state index contributed by atoms with van der Waals surface area (Å²) in [5.74, 6) is -0.994. The molecule has 2 rings (SSSR count). The molecule has 2 atom stereocenters. The summed E-state index contributed by atoms with van der Waals surface area (Å²) in [6.45, 7) is 5.77. The van der Waals surface area contributed by atoms with Crippen LogP contribution in [0.1, 0.15) is 20.8 Å². The highest BCUT2D eigenvalue weighted by molar-refractivity contribution is 5.44. The van der Waals surface area contributed by atoms with Crippen LogP contribution in [0, 0.1) is 0 Å². The van der Waals surface area contributed by atoms with E-state index in [1.807, 2.05) is 32.9 Å². The van der Waals surface area contributed by atoms with Crippen molar-refractivity contribution in [3.8, 4) is 0 Å². The summed E-state index contributed by atoms with van der Waals surface area (Å²) in [6, 6.07) is 0. The van der Waals surface area contributed by atoms with Crippen LogP contribution in [0.3, 0.4) is 0 Å². The van der Waals surface area contributed by atoms with E-state index in [-0.39, 0.29) is 0 Å². The van der Waals surface area contributed by atoms with Crippen molar-refractivity contribution in [3.05, 3.63) is 23.3 Å². The summed E-state index contributed by atoms with van der Waals surface area (Å²) in [5, 5.41) is 9.82. The number of hydrogen-bond acceptors (Lipinski definition) is 2. The predicted octanol–water partition coefficient (Wildman–Crippen LogP) is 1.37. The zero-order valence-electron chi connectivity index (χ0n) is 7.01. The molecule has 2 unspecified atom stereocenters. The van der Waals surface area contributed by atoms with E-state index in [9.17, 15) is 5.11 Å². The summed E-state index contributed by atoms with van der Waals surface area (Å²) < 4.78 is 5.30. The number of rotatable bonds is 0. The maximum absolute atomic E-state index is 9.82. The minimum Gasteiger partial charge on any atom is -0.360 e. The van der Waals surface area contributed by atoms with Gasteiger partial charge in [0.1, 0.15) is 5.60 Å². The fourth-order valence-corrected chi connectivity index (χ4v) is 1.60. The van der Waals surface area contributed by atoms with E-state index < -0.39 is 11.4 Å². The lowest BCUT2D eigenvalue weighted by Crippen LogP contribution is -2.27. The monoisotopic (exact) mass is 152 g/mol. The molecule has 0 saturated carbocycles. The molecular formula is C9H12O2. The number of fused-ring (bicyclic) bond motifs is 1. The first-order valence-corrected chi connectivity index (χ1v) is 3.79. The molecule has 0 amide bonds. The molecule has 2 heteroatoms. The molecule has 60 valence electrons. The van der Waals surface area contributed by atoms with Gasteiger partial charge in [-0.25, -0.2) is 0 Å². The number of allylic oxidation sites excluding steroid dienone is 2. The van der Waals surface area contributed by atoms with E-state index in [2.05, 4.69) is 0 Å². The minimum atomic E-state index is -0.994. The summed E-state index contributed by atoms with van der Waals surface area (Å²) in [6.07, 6.45) is 3.90. The van der Waals surface area contributed by atoms with Crippen LogP contribution < -0.4 is 0 Å². The quantitative estimate of drug-likeness (QED) is 0.532. The van der Waals surface area contributed by atoms with Crippen molar-refractivity contribution in [1.29, 1.82) is 0 Å².